The average Bonchev–Trinajstić information content (AvgIpc) is 2.53. The van der Waals surface area contributed by atoms with Gasteiger partial charge in [0.2, 0.25) is 0 Å². The van der Waals surface area contributed by atoms with E-state index in [1.54, 1.807) is 19.1 Å². The smallest absolute Gasteiger partial charge is 0.270 e. The second-order valence-corrected chi connectivity index (χ2v) is 4.42. The summed E-state index contributed by atoms with van der Waals surface area (Å²) in [5.41, 5.74) is 4.48. The van der Waals surface area contributed by atoms with Crippen LogP contribution in [0.25, 0.3) is 0 Å². The highest BCUT2D eigenvalue weighted by atomic mass is 16.6. The molecule has 8 nitrogen and oxygen atoms in total. The Bertz CT molecular complexity index is 741. The number of nitrogens with one attached hydrogen (secondary N) is 1. The fourth-order valence-corrected chi connectivity index (χ4v) is 1.72. The molecule has 0 aliphatic heterocycles. The van der Waals surface area contributed by atoms with Gasteiger partial charge in [-0.05, 0) is 19.1 Å². The fourth-order valence-electron chi connectivity index (χ4n) is 1.72. The number of hydrogen-bond acceptors (Lipinski definition) is 6. The molecule has 1 N–H and O–H groups in total. The van der Waals surface area contributed by atoms with Crippen molar-refractivity contribution in [1.29, 1.82) is 0 Å². The van der Waals surface area contributed by atoms with E-state index in [1.807, 2.05) is 0 Å². The van der Waals surface area contributed by atoms with Gasteiger partial charge < -0.3 is 0 Å². The first-order chi connectivity index (χ1) is 10.5. The molecule has 0 saturated carbocycles. The summed E-state index contributed by atoms with van der Waals surface area (Å²) < 4.78 is 0. The molecule has 2 aromatic carbocycles. The van der Waals surface area contributed by atoms with Crippen molar-refractivity contribution in [1.82, 2.24) is 0 Å². The molecule has 0 saturated heterocycles. The molecule has 0 radical (unpaired) electrons. The molecular weight excluding hydrogens is 288 g/mol. The number of benzene rings is 2. The highest BCUT2D eigenvalue weighted by Crippen LogP contribution is 2.16. The molecule has 0 atom stereocenters. The Kier molecular flexibility index (Phi) is 4.42. The fraction of sp³-hybridized carbons (Fsp3) is 0.0714. The molecule has 0 spiro atoms. The van der Waals surface area contributed by atoms with Gasteiger partial charge in [0.05, 0.1) is 21.2 Å². The number of nitro groups is 2. The summed E-state index contributed by atoms with van der Waals surface area (Å²) in [6, 6.07) is 11.9. The van der Waals surface area contributed by atoms with Crippen molar-refractivity contribution >= 4 is 22.8 Å². The van der Waals surface area contributed by atoms with Crippen molar-refractivity contribution in [2.24, 2.45) is 5.10 Å². The van der Waals surface area contributed by atoms with Gasteiger partial charge in [0, 0.05) is 29.8 Å². The van der Waals surface area contributed by atoms with Crippen LogP contribution in [0.1, 0.15) is 12.5 Å². The second kappa shape index (κ2) is 6.44. The Morgan fingerprint density at radius 2 is 1.64 bits per heavy atom. The lowest BCUT2D eigenvalue weighted by molar-refractivity contribution is -0.385. The van der Waals surface area contributed by atoms with Gasteiger partial charge in [-0.2, -0.15) is 5.10 Å². The maximum atomic E-state index is 10.7. The molecular formula is C14H12N4O4. The normalized spacial score (nSPS) is 11.0. The molecule has 22 heavy (non-hydrogen) atoms. The monoisotopic (exact) mass is 300 g/mol. The summed E-state index contributed by atoms with van der Waals surface area (Å²) in [6.07, 6.45) is 0. The van der Waals surface area contributed by atoms with Gasteiger partial charge in [-0.3, -0.25) is 25.7 Å². The number of hydrazone groups is 1. The Morgan fingerprint density at radius 3 is 2.23 bits per heavy atom. The maximum absolute atomic E-state index is 10.7. The van der Waals surface area contributed by atoms with Crippen LogP contribution in [0.2, 0.25) is 0 Å². The van der Waals surface area contributed by atoms with Gasteiger partial charge in [0.15, 0.2) is 0 Å². The third-order valence-electron chi connectivity index (χ3n) is 2.91. The van der Waals surface area contributed by atoms with Gasteiger partial charge in [-0.1, -0.05) is 12.1 Å². The molecule has 0 amide bonds. The number of anilines is 1. The van der Waals surface area contributed by atoms with Crippen molar-refractivity contribution in [2.45, 2.75) is 6.92 Å². The number of nitrogens with zero attached hydrogens (tertiary/aromatic N) is 3. The highest BCUT2D eigenvalue weighted by Gasteiger charge is 2.07. The Morgan fingerprint density at radius 1 is 1.00 bits per heavy atom. The summed E-state index contributed by atoms with van der Waals surface area (Å²) in [5.74, 6) is 0. The van der Waals surface area contributed by atoms with Gasteiger partial charge >= 0.3 is 0 Å². The molecule has 8 heteroatoms. The van der Waals surface area contributed by atoms with Crippen molar-refractivity contribution < 1.29 is 9.85 Å². The summed E-state index contributed by atoms with van der Waals surface area (Å²) >= 11 is 0. The molecule has 0 bridgehead atoms. The number of non-ortho nitro benzene ring substituents is 2. The van der Waals surface area contributed by atoms with E-state index < -0.39 is 9.85 Å². The highest BCUT2D eigenvalue weighted by molar-refractivity contribution is 5.99. The Labute approximate surface area is 125 Å². The molecule has 0 aliphatic carbocycles. The Balaban J connectivity index is 2.14. The predicted octanol–water partition coefficient (Wildman–Crippen LogP) is 3.34. The van der Waals surface area contributed by atoms with E-state index in [0.29, 0.717) is 17.0 Å². The van der Waals surface area contributed by atoms with Gasteiger partial charge in [-0.25, -0.2) is 0 Å². The first-order valence-corrected chi connectivity index (χ1v) is 6.27. The van der Waals surface area contributed by atoms with Crippen LogP contribution < -0.4 is 5.43 Å². The van der Waals surface area contributed by atoms with Crippen LogP contribution in [0.3, 0.4) is 0 Å². The number of nitro benzene ring substituents is 2. The number of hydrogen-bond donors (Lipinski definition) is 1. The van der Waals surface area contributed by atoms with Crippen LogP contribution in [-0.4, -0.2) is 15.6 Å². The zero-order valence-corrected chi connectivity index (χ0v) is 11.6. The van der Waals surface area contributed by atoms with E-state index in [4.69, 9.17) is 0 Å². The quantitative estimate of drug-likeness (QED) is 0.517. The lowest BCUT2D eigenvalue weighted by atomic mass is 10.1. The zero-order chi connectivity index (χ0) is 16.1. The second-order valence-electron chi connectivity index (χ2n) is 4.42. The first-order valence-electron chi connectivity index (χ1n) is 6.27. The molecule has 0 aromatic heterocycles. The minimum absolute atomic E-state index is 0.00932. The Hall–Kier alpha value is -3.29. The minimum atomic E-state index is -0.485. The summed E-state index contributed by atoms with van der Waals surface area (Å²) in [7, 11) is 0. The van der Waals surface area contributed by atoms with E-state index in [-0.39, 0.29) is 11.4 Å². The minimum Gasteiger partial charge on any atom is -0.278 e. The van der Waals surface area contributed by atoms with Crippen LogP contribution in [0.5, 0.6) is 0 Å². The summed E-state index contributed by atoms with van der Waals surface area (Å²) in [4.78, 5) is 20.3. The SMILES string of the molecule is C/C(=N\Nc1ccc([N+](=O)[O-])cc1)c1cccc([N+](=O)[O-])c1. The predicted molar refractivity (Wildman–Crippen MR) is 82.0 cm³/mol. The van der Waals surface area contributed by atoms with Crippen LogP contribution in [0, 0.1) is 20.2 Å². The van der Waals surface area contributed by atoms with E-state index >= 15 is 0 Å². The van der Waals surface area contributed by atoms with E-state index in [0.717, 1.165) is 0 Å². The molecule has 0 aliphatic rings. The summed E-state index contributed by atoms with van der Waals surface area (Å²) in [5, 5.41) is 25.4. The molecule has 0 fully saturated rings. The molecule has 0 unspecified atom stereocenters. The lowest BCUT2D eigenvalue weighted by Crippen LogP contribution is -2.00. The van der Waals surface area contributed by atoms with Gasteiger partial charge in [0.1, 0.15) is 0 Å². The van der Waals surface area contributed by atoms with Crippen LogP contribution in [0.15, 0.2) is 53.6 Å². The molecule has 112 valence electrons. The standard InChI is InChI=1S/C14H12N4O4/c1-10(11-3-2-4-14(9-11)18(21)22)15-16-12-5-7-13(8-6-12)17(19)20/h2-9,16H,1H3/b15-10+. The summed E-state index contributed by atoms with van der Waals surface area (Å²) in [6.45, 7) is 1.71. The molecule has 2 rings (SSSR count). The van der Waals surface area contributed by atoms with Crippen LogP contribution in [0.4, 0.5) is 17.1 Å². The third-order valence-corrected chi connectivity index (χ3v) is 2.91. The van der Waals surface area contributed by atoms with E-state index in [9.17, 15) is 20.2 Å². The molecule has 0 heterocycles. The number of rotatable bonds is 5. The van der Waals surface area contributed by atoms with Gasteiger partial charge in [0.25, 0.3) is 11.4 Å². The topological polar surface area (TPSA) is 111 Å². The van der Waals surface area contributed by atoms with Crippen LogP contribution in [-0.2, 0) is 0 Å². The first kappa shape index (κ1) is 15.1. The van der Waals surface area contributed by atoms with Crippen molar-refractivity contribution in [3.8, 4) is 0 Å². The van der Waals surface area contributed by atoms with E-state index in [2.05, 4.69) is 10.5 Å². The molecule has 2 aromatic rings. The largest absolute Gasteiger partial charge is 0.278 e. The van der Waals surface area contributed by atoms with Crippen molar-refractivity contribution in [3.63, 3.8) is 0 Å². The van der Waals surface area contributed by atoms with E-state index in [1.165, 1.54) is 36.4 Å². The lowest BCUT2D eigenvalue weighted by Gasteiger charge is -2.03. The average molecular weight is 300 g/mol. The van der Waals surface area contributed by atoms with Crippen LogP contribution >= 0.6 is 0 Å². The zero-order valence-electron chi connectivity index (χ0n) is 11.6. The maximum Gasteiger partial charge on any atom is 0.270 e. The van der Waals surface area contributed by atoms with Crippen molar-refractivity contribution in [3.05, 3.63) is 74.3 Å². The van der Waals surface area contributed by atoms with Crippen molar-refractivity contribution in [2.75, 3.05) is 5.43 Å². The van der Waals surface area contributed by atoms with Gasteiger partial charge in [-0.15, -0.1) is 0 Å². The third kappa shape index (κ3) is 3.63.